The molecule has 1 N–H and O–H groups in total. The molecule has 3 aromatic rings. The highest BCUT2D eigenvalue weighted by Crippen LogP contribution is 2.33. The number of benzene rings is 3. The first kappa shape index (κ1) is 25.1. The Labute approximate surface area is 215 Å². The van der Waals surface area contributed by atoms with Crippen LogP contribution in [0, 0.1) is 11.3 Å². The van der Waals surface area contributed by atoms with Gasteiger partial charge in [-0.3, -0.25) is 4.79 Å². The number of nitrogens with zero attached hydrogens (tertiary/aromatic N) is 1. The Kier molecular flexibility index (Phi) is 8.82. The molecule has 0 aliphatic carbocycles. The van der Waals surface area contributed by atoms with E-state index in [9.17, 15) is 10.1 Å². The van der Waals surface area contributed by atoms with Crippen LogP contribution < -0.4 is 10.1 Å². The van der Waals surface area contributed by atoms with E-state index in [0.717, 1.165) is 15.6 Å². The van der Waals surface area contributed by atoms with Gasteiger partial charge in [0.15, 0.2) is 0 Å². The molecule has 8 heteroatoms. The average molecular weight is 565 g/mol. The number of amides is 1. The number of carbonyl (C=O) groups excluding carboxylic acids is 1. The second-order valence-corrected chi connectivity index (χ2v) is 9.01. The number of nitriles is 1. The maximum absolute atomic E-state index is 12.6. The molecule has 0 unspecified atom stereocenters. The molecule has 0 saturated carbocycles. The van der Waals surface area contributed by atoms with Crippen molar-refractivity contribution >= 4 is 68.4 Å². The topological polar surface area (TPSA) is 62.1 Å². The molecule has 3 rings (SSSR count). The SMILES string of the molecule is CCOc1cc(/C=C(\C#N)C(=O)Nc2ccc(Cl)c(Cl)c2)cc(Cl)c1Cc1ccccc1Br. The zero-order chi connectivity index (χ0) is 24.0. The van der Waals surface area contributed by atoms with Crippen LogP contribution in [-0.2, 0) is 11.2 Å². The van der Waals surface area contributed by atoms with Gasteiger partial charge in [-0.2, -0.15) is 5.26 Å². The maximum Gasteiger partial charge on any atom is 0.266 e. The third-order valence-corrected chi connectivity index (χ3v) is 6.51. The second kappa shape index (κ2) is 11.6. The number of carbonyl (C=O) groups is 1. The van der Waals surface area contributed by atoms with Crippen LogP contribution in [0.5, 0.6) is 5.75 Å². The highest BCUT2D eigenvalue weighted by Gasteiger charge is 2.15. The number of halogens is 4. The molecule has 0 heterocycles. The number of rotatable bonds is 7. The molecule has 4 nitrogen and oxygen atoms in total. The molecule has 0 aliphatic heterocycles. The molecule has 3 aromatic carbocycles. The fraction of sp³-hybridized carbons (Fsp3) is 0.120. The molecule has 0 radical (unpaired) electrons. The minimum atomic E-state index is -0.581. The van der Waals surface area contributed by atoms with Crippen molar-refractivity contribution in [3.63, 3.8) is 0 Å². The van der Waals surface area contributed by atoms with Crippen molar-refractivity contribution in [2.24, 2.45) is 0 Å². The molecule has 33 heavy (non-hydrogen) atoms. The fourth-order valence-corrected chi connectivity index (χ4v) is 4.10. The van der Waals surface area contributed by atoms with Crippen LogP contribution in [0.2, 0.25) is 15.1 Å². The second-order valence-electron chi connectivity index (χ2n) is 6.93. The van der Waals surface area contributed by atoms with Gasteiger partial charge in [-0.15, -0.1) is 0 Å². The number of hydrogen-bond donors (Lipinski definition) is 1. The predicted octanol–water partition coefficient (Wildman–Crippen LogP) is 7.94. The number of hydrogen-bond acceptors (Lipinski definition) is 3. The van der Waals surface area contributed by atoms with Crippen molar-refractivity contribution in [2.75, 3.05) is 11.9 Å². The highest BCUT2D eigenvalue weighted by atomic mass is 79.9. The van der Waals surface area contributed by atoms with Crippen LogP contribution in [-0.4, -0.2) is 12.5 Å². The number of anilines is 1. The Morgan fingerprint density at radius 3 is 2.52 bits per heavy atom. The Morgan fingerprint density at radius 2 is 1.85 bits per heavy atom. The quantitative estimate of drug-likeness (QED) is 0.234. The largest absolute Gasteiger partial charge is 0.494 e. The van der Waals surface area contributed by atoms with E-state index < -0.39 is 5.91 Å². The lowest BCUT2D eigenvalue weighted by Gasteiger charge is -2.14. The molecule has 168 valence electrons. The zero-order valence-electron chi connectivity index (χ0n) is 17.5. The number of nitrogens with one attached hydrogen (secondary N) is 1. The summed E-state index contributed by atoms with van der Waals surface area (Å²) in [5, 5.41) is 13.3. The Balaban J connectivity index is 1.92. The molecular weight excluding hydrogens is 547 g/mol. The van der Waals surface area contributed by atoms with Crippen molar-refractivity contribution in [2.45, 2.75) is 13.3 Å². The third-order valence-electron chi connectivity index (χ3n) is 4.66. The van der Waals surface area contributed by atoms with Crippen molar-refractivity contribution in [1.29, 1.82) is 5.26 Å². The van der Waals surface area contributed by atoms with Crippen molar-refractivity contribution < 1.29 is 9.53 Å². The van der Waals surface area contributed by atoms with Gasteiger partial charge < -0.3 is 10.1 Å². The van der Waals surface area contributed by atoms with Crippen LogP contribution in [0.3, 0.4) is 0 Å². The summed E-state index contributed by atoms with van der Waals surface area (Å²) in [5.74, 6) is 0.0106. The molecule has 0 saturated heterocycles. The van der Waals surface area contributed by atoms with Gasteiger partial charge in [0, 0.05) is 27.2 Å². The summed E-state index contributed by atoms with van der Waals surface area (Å²) in [6.45, 7) is 2.32. The van der Waals surface area contributed by atoms with Gasteiger partial charge in [0.25, 0.3) is 5.91 Å². The van der Waals surface area contributed by atoms with E-state index in [1.807, 2.05) is 37.3 Å². The van der Waals surface area contributed by atoms with Gasteiger partial charge in [-0.25, -0.2) is 0 Å². The van der Waals surface area contributed by atoms with Gasteiger partial charge in [0.2, 0.25) is 0 Å². The van der Waals surface area contributed by atoms with Crippen molar-refractivity contribution in [3.05, 3.63) is 96.4 Å². The first-order chi connectivity index (χ1) is 15.8. The Bertz CT molecular complexity index is 1270. The summed E-state index contributed by atoms with van der Waals surface area (Å²) in [6, 6.07) is 17.9. The van der Waals surface area contributed by atoms with Gasteiger partial charge >= 0.3 is 0 Å². The third kappa shape index (κ3) is 6.52. The van der Waals surface area contributed by atoms with E-state index in [1.165, 1.54) is 12.1 Å². The lowest BCUT2D eigenvalue weighted by Crippen LogP contribution is -2.13. The summed E-state index contributed by atoms with van der Waals surface area (Å²) < 4.78 is 6.80. The van der Waals surface area contributed by atoms with Crippen LogP contribution in [0.4, 0.5) is 5.69 Å². The average Bonchev–Trinajstić information content (AvgIpc) is 2.78. The smallest absolute Gasteiger partial charge is 0.266 e. The van der Waals surface area contributed by atoms with Crippen LogP contribution in [0.25, 0.3) is 6.08 Å². The fourth-order valence-electron chi connectivity index (χ4n) is 3.09. The minimum absolute atomic E-state index is 0.0989. The zero-order valence-corrected chi connectivity index (χ0v) is 21.3. The molecule has 0 bridgehead atoms. The molecular formula is C25H18BrCl3N2O2. The highest BCUT2D eigenvalue weighted by molar-refractivity contribution is 9.10. The molecule has 0 atom stereocenters. The van der Waals surface area contributed by atoms with Gasteiger partial charge in [0.05, 0.1) is 16.7 Å². The van der Waals surface area contributed by atoms with Crippen LogP contribution >= 0.6 is 50.7 Å². The number of ether oxygens (including phenoxy) is 1. The molecule has 0 aromatic heterocycles. The molecule has 0 aliphatic rings. The summed E-state index contributed by atoms with van der Waals surface area (Å²) in [6.07, 6.45) is 2.02. The van der Waals surface area contributed by atoms with E-state index in [0.29, 0.717) is 45.1 Å². The first-order valence-corrected chi connectivity index (χ1v) is 11.8. The van der Waals surface area contributed by atoms with Gasteiger partial charge in [-0.1, -0.05) is 68.9 Å². The van der Waals surface area contributed by atoms with Crippen LogP contribution in [0.1, 0.15) is 23.6 Å². The van der Waals surface area contributed by atoms with E-state index in [1.54, 1.807) is 24.3 Å². The monoisotopic (exact) mass is 562 g/mol. The minimum Gasteiger partial charge on any atom is -0.494 e. The lowest BCUT2D eigenvalue weighted by molar-refractivity contribution is -0.112. The Hall–Kier alpha value is -2.49. The molecule has 0 fully saturated rings. The van der Waals surface area contributed by atoms with E-state index in [2.05, 4.69) is 21.2 Å². The summed E-state index contributed by atoms with van der Waals surface area (Å²) in [5.41, 5.74) is 2.77. The lowest BCUT2D eigenvalue weighted by atomic mass is 10.0. The predicted molar refractivity (Wildman–Crippen MR) is 138 cm³/mol. The van der Waals surface area contributed by atoms with Crippen LogP contribution in [0.15, 0.2) is 64.6 Å². The molecule has 0 spiro atoms. The normalized spacial score (nSPS) is 11.1. The van der Waals surface area contributed by atoms with Crippen molar-refractivity contribution in [1.82, 2.24) is 0 Å². The Morgan fingerprint density at radius 1 is 1.09 bits per heavy atom. The summed E-state index contributed by atoms with van der Waals surface area (Å²) in [4.78, 5) is 12.6. The summed E-state index contributed by atoms with van der Waals surface area (Å²) in [7, 11) is 0. The van der Waals surface area contributed by atoms with E-state index in [-0.39, 0.29) is 5.57 Å². The maximum atomic E-state index is 12.6. The molecule has 1 amide bonds. The van der Waals surface area contributed by atoms with Gasteiger partial charge in [-0.05, 0) is 60.5 Å². The van der Waals surface area contributed by atoms with E-state index in [4.69, 9.17) is 39.5 Å². The van der Waals surface area contributed by atoms with Gasteiger partial charge in [0.1, 0.15) is 17.4 Å². The first-order valence-electron chi connectivity index (χ1n) is 9.89. The summed E-state index contributed by atoms with van der Waals surface area (Å²) >= 11 is 22.1. The van der Waals surface area contributed by atoms with Crippen molar-refractivity contribution in [3.8, 4) is 11.8 Å². The van der Waals surface area contributed by atoms with E-state index >= 15 is 0 Å². The standard InChI is InChI=1S/C25H18BrCl3N2O2/c1-2-33-24-11-15(10-22(28)19(24)12-16-5-3-4-6-20(16)26)9-17(14-30)25(32)31-18-7-8-21(27)23(29)13-18/h3-11,13H,2,12H2,1H3,(H,31,32)/b17-9+.